The van der Waals surface area contributed by atoms with E-state index in [0.717, 1.165) is 12.0 Å². The van der Waals surface area contributed by atoms with Crippen molar-refractivity contribution in [2.75, 3.05) is 29.9 Å². The third kappa shape index (κ3) is 5.17. The minimum atomic E-state index is -1.14. The summed E-state index contributed by atoms with van der Waals surface area (Å²) in [5.74, 6) is -3.20. The maximum atomic E-state index is 12.8. The van der Waals surface area contributed by atoms with E-state index >= 15 is 0 Å². The van der Waals surface area contributed by atoms with Crippen molar-refractivity contribution in [3.05, 3.63) is 54.1 Å². The number of carbonyl (C=O) groups excluding carboxylic acids is 5. The third-order valence-electron chi connectivity index (χ3n) is 4.88. The number of aryl methyl sites for hydroxylation is 1. The lowest BCUT2D eigenvalue weighted by Crippen LogP contribution is -2.43. The summed E-state index contributed by atoms with van der Waals surface area (Å²) < 4.78 is 5.43. The zero-order valence-corrected chi connectivity index (χ0v) is 18.3. The van der Waals surface area contributed by atoms with Gasteiger partial charge in [0.2, 0.25) is 11.8 Å². The molecule has 0 saturated carbocycles. The predicted octanol–water partition coefficient (Wildman–Crippen LogP) is 1.70. The maximum absolute atomic E-state index is 12.8. The number of ether oxygens (including phenoxy) is 1. The molecule has 0 aliphatic carbocycles. The lowest BCUT2D eigenvalue weighted by Gasteiger charge is -2.18. The van der Waals surface area contributed by atoms with E-state index in [-0.39, 0.29) is 24.6 Å². The van der Waals surface area contributed by atoms with Crippen molar-refractivity contribution in [1.82, 2.24) is 10.2 Å². The number of hydrogen-bond acceptors (Lipinski definition) is 6. The number of anilines is 2. The van der Waals surface area contributed by atoms with Gasteiger partial charge in [-0.1, -0.05) is 37.3 Å². The molecule has 2 aromatic carbocycles. The predicted molar refractivity (Wildman–Crippen MR) is 120 cm³/mol. The van der Waals surface area contributed by atoms with Crippen LogP contribution in [0.1, 0.15) is 19.4 Å². The molecular formula is C23H24N4O6. The molecule has 10 heteroatoms. The molecule has 6 amide bonds. The highest BCUT2D eigenvalue weighted by atomic mass is 16.5. The van der Waals surface area contributed by atoms with Crippen molar-refractivity contribution in [2.45, 2.75) is 20.3 Å². The Bertz CT molecular complexity index is 1100. The van der Waals surface area contributed by atoms with E-state index in [4.69, 9.17) is 4.74 Å². The second-order valence-electron chi connectivity index (χ2n) is 7.05. The maximum Gasteiger partial charge on any atom is 0.339 e. The summed E-state index contributed by atoms with van der Waals surface area (Å²) in [6.45, 7) is 2.92. The molecule has 0 spiro atoms. The highest BCUT2D eigenvalue weighted by Gasteiger charge is 2.47. The molecule has 1 heterocycles. The molecular weight excluding hydrogens is 428 g/mol. The van der Waals surface area contributed by atoms with Crippen LogP contribution < -0.4 is 20.3 Å². The van der Waals surface area contributed by atoms with E-state index in [0.29, 0.717) is 15.5 Å². The number of hydrogen-bond donors (Lipinski definition) is 2. The first-order valence-corrected chi connectivity index (χ1v) is 10.4. The first-order chi connectivity index (χ1) is 15.9. The van der Waals surface area contributed by atoms with Crippen LogP contribution in [0.15, 0.2) is 48.5 Å². The number of nitrogens with zero attached hydrogens (tertiary/aromatic N) is 2. The zero-order valence-electron chi connectivity index (χ0n) is 18.3. The van der Waals surface area contributed by atoms with E-state index in [2.05, 4.69) is 10.6 Å². The van der Waals surface area contributed by atoms with E-state index < -0.39 is 36.2 Å². The van der Waals surface area contributed by atoms with E-state index in [1.807, 2.05) is 19.1 Å². The van der Waals surface area contributed by atoms with E-state index in [1.54, 1.807) is 37.3 Å². The highest BCUT2D eigenvalue weighted by molar-refractivity contribution is 6.53. The molecule has 10 nitrogen and oxygen atoms in total. The molecule has 33 heavy (non-hydrogen) atoms. The van der Waals surface area contributed by atoms with Crippen LogP contribution in [0.5, 0.6) is 5.75 Å². The van der Waals surface area contributed by atoms with Gasteiger partial charge in [-0.3, -0.25) is 19.2 Å². The summed E-state index contributed by atoms with van der Waals surface area (Å²) in [5, 5.41) is 5.06. The molecule has 1 aliphatic rings. The molecule has 0 atom stereocenters. The van der Waals surface area contributed by atoms with Gasteiger partial charge in [0.05, 0.1) is 18.8 Å². The largest absolute Gasteiger partial charge is 0.492 e. The van der Waals surface area contributed by atoms with Crippen molar-refractivity contribution in [3.63, 3.8) is 0 Å². The Morgan fingerprint density at radius 1 is 0.909 bits per heavy atom. The van der Waals surface area contributed by atoms with Crippen LogP contribution in [-0.2, 0) is 25.6 Å². The van der Waals surface area contributed by atoms with Crippen LogP contribution in [-0.4, -0.2) is 54.3 Å². The molecule has 2 aromatic rings. The van der Waals surface area contributed by atoms with Crippen LogP contribution >= 0.6 is 0 Å². The summed E-state index contributed by atoms with van der Waals surface area (Å²) in [6, 6.07) is 12.6. The molecule has 0 aromatic heterocycles. The fraction of sp³-hybridized carbons (Fsp3) is 0.261. The van der Waals surface area contributed by atoms with Crippen molar-refractivity contribution < 1.29 is 28.7 Å². The Kier molecular flexibility index (Phi) is 7.39. The number of benzene rings is 2. The monoisotopic (exact) mass is 452 g/mol. The van der Waals surface area contributed by atoms with Crippen LogP contribution in [0, 0.1) is 0 Å². The first kappa shape index (κ1) is 23.5. The number of carbonyl (C=O) groups is 5. The highest BCUT2D eigenvalue weighted by Crippen LogP contribution is 2.31. The summed E-state index contributed by atoms with van der Waals surface area (Å²) >= 11 is 0. The first-order valence-electron chi connectivity index (χ1n) is 10.4. The number of nitrogens with one attached hydrogen (secondary N) is 2. The Balaban J connectivity index is 1.62. The van der Waals surface area contributed by atoms with Gasteiger partial charge in [-0.15, -0.1) is 0 Å². The van der Waals surface area contributed by atoms with Gasteiger partial charge in [0, 0.05) is 5.69 Å². The van der Waals surface area contributed by atoms with Crippen molar-refractivity contribution in [1.29, 1.82) is 0 Å². The van der Waals surface area contributed by atoms with E-state index in [9.17, 15) is 24.0 Å². The second-order valence-corrected chi connectivity index (χ2v) is 7.05. The number of para-hydroxylation sites is 3. The fourth-order valence-electron chi connectivity index (χ4n) is 3.30. The number of imide groups is 2. The molecule has 1 saturated heterocycles. The zero-order chi connectivity index (χ0) is 24.0. The standard InChI is InChI=1S/C23H24N4O6/c1-3-15-9-5-6-10-16(15)25-19(28)13-24-20(29)14-26-21(30)22(31)27(23(26)32)17-11-7-8-12-18(17)33-4-2/h5-12H,3-4,13-14H2,1-2H3,(H,24,29)(H,25,28). The van der Waals surface area contributed by atoms with Gasteiger partial charge >= 0.3 is 17.8 Å². The number of rotatable bonds is 9. The third-order valence-corrected chi connectivity index (χ3v) is 4.88. The van der Waals surface area contributed by atoms with Gasteiger partial charge in [0.25, 0.3) is 0 Å². The number of urea groups is 1. The summed E-state index contributed by atoms with van der Waals surface area (Å²) in [6.07, 6.45) is 0.721. The topological polar surface area (TPSA) is 125 Å². The Hall–Kier alpha value is -4.21. The lowest BCUT2D eigenvalue weighted by molar-refractivity contribution is -0.140. The van der Waals surface area contributed by atoms with Gasteiger partial charge in [-0.2, -0.15) is 0 Å². The quantitative estimate of drug-likeness (QED) is 0.441. The van der Waals surface area contributed by atoms with Crippen LogP contribution in [0.25, 0.3) is 0 Å². The molecule has 3 rings (SSSR count). The molecule has 0 radical (unpaired) electrons. The lowest BCUT2D eigenvalue weighted by atomic mass is 10.1. The van der Waals surface area contributed by atoms with Crippen LogP contribution in [0.3, 0.4) is 0 Å². The van der Waals surface area contributed by atoms with Gasteiger partial charge in [0.15, 0.2) is 0 Å². The SMILES string of the molecule is CCOc1ccccc1N1C(=O)C(=O)N(CC(=O)NCC(=O)Nc2ccccc2CC)C1=O. The summed E-state index contributed by atoms with van der Waals surface area (Å²) in [4.78, 5) is 63.3. The molecule has 1 aliphatic heterocycles. The second kappa shape index (κ2) is 10.4. The summed E-state index contributed by atoms with van der Waals surface area (Å²) in [5.41, 5.74) is 1.69. The minimum absolute atomic E-state index is 0.111. The molecule has 172 valence electrons. The average molecular weight is 452 g/mol. The number of amides is 6. The summed E-state index contributed by atoms with van der Waals surface area (Å²) in [7, 11) is 0. The molecule has 0 unspecified atom stereocenters. The van der Waals surface area contributed by atoms with E-state index in [1.165, 1.54) is 6.07 Å². The normalized spacial score (nSPS) is 13.3. The Morgan fingerprint density at radius 3 is 2.33 bits per heavy atom. The Morgan fingerprint density at radius 2 is 1.61 bits per heavy atom. The average Bonchev–Trinajstić information content (AvgIpc) is 3.02. The molecule has 0 bridgehead atoms. The van der Waals surface area contributed by atoms with Crippen LogP contribution in [0.4, 0.5) is 16.2 Å². The van der Waals surface area contributed by atoms with Crippen LogP contribution in [0.2, 0.25) is 0 Å². The Labute approximate surface area is 190 Å². The van der Waals surface area contributed by atoms with Gasteiger partial charge in [0.1, 0.15) is 12.3 Å². The fourth-order valence-corrected chi connectivity index (χ4v) is 3.30. The molecule has 2 N–H and O–H groups in total. The smallest absolute Gasteiger partial charge is 0.339 e. The van der Waals surface area contributed by atoms with Gasteiger partial charge in [-0.25, -0.2) is 14.6 Å². The van der Waals surface area contributed by atoms with Crippen molar-refractivity contribution >= 4 is 41.0 Å². The van der Waals surface area contributed by atoms with Gasteiger partial charge < -0.3 is 15.4 Å². The van der Waals surface area contributed by atoms with Crippen molar-refractivity contribution in [3.8, 4) is 5.75 Å². The molecule has 1 fully saturated rings. The van der Waals surface area contributed by atoms with Crippen molar-refractivity contribution in [2.24, 2.45) is 0 Å². The minimum Gasteiger partial charge on any atom is -0.492 e. The van der Waals surface area contributed by atoms with Gasteiger partial charge in [-0.05, 0) is 37.1 Å².